The summed E-state index contributed by atoms with van der Waals surface area (Å²) >= 11 is 0. The number of hydrogen-bond acceptors (Lipinski definition) is 9. The molecule has 3 unspecified atom stereocenters. The summed E-state index contributed by atoms with van der Waals surface area (Å²) in [5, 5.41) is 12.3. The molecule has 31 heavy (non-hydrogen) atoms. The van der Waals surface area contributed by atoms with Crippen LogP contribution < -0.4 is 11.2 Å². The summed E-state index contributed by atoms with van der Waals surface area (Å²) in [4.78, 5) is 53.8. The van der Waals surface area contributed by atoms with Crippen molar-refractivity contribution in [3.05, 3.63) is 72.5 Å². The van der Waals surface area contributed by atoms with E-state index in [0.717, 1.165) is 0 Å². The number of hydroxylamine groups is 2. The van der Waals surface area contributed by atoms with E-state index >= 15 is 0 Å². The molecule has 0 spiro atoms. The number of aromatic nitrogens is 2. The van der Waals surface area contributed by atoms with Crippen LogP contribution in [-0.4, -0.2) is 44.3 Å². The van der Waals surface area contributed by atoms with Gasteiger partial charge >= 0.3 is 11.7 Å². The molecule has 0 amide bonds. The van der Waals surface area contributed by atoms with Gasteiger partial charge in [0.05, 0.1) is 17.6 Å². The van der Waals surface area contributed by atoms with Crippen LogP contribution in [0.25, 0.3) is 0 Å². The van der Waals surface area contributed by atoms with Gasteiger partial charge in [-0.1, -0.05) is 0 Å². The van der Waals surface area contributed by atoms with Gasteiger partial charge in [-0.25, -0.2) is 4.79 Å². The highest BCUT2D eigenvalue weighted by atomic mass is 16.7. The van der Waals surface area contributed by atoms with Gasteiger partial charge < -0.3 is 14.3 Å². The van der Waals surface area contributed by atoms with E-state index in [2.05, 4.69) is 4.98 Å². The molecule has 0 radical (unpaired) electrons. The van der Waals surface area contributed by atoms with Crippen molar-refractivity contribution in [2.24, 2.45) is 0 Å². The van der Waals surface area contributed by atoms with Crippen molar-refractivity contribution < 1.29 is 24.0 Å². The Morgan fingerprint density at radius 1 is 1.29 bits per heavy atom. The largest absolute Gasteiger partial charge is 0.365 e. The topological polar surface area (TPSA) is 146 Å². The lowest BCUT2D eigenvalue weighted by Crippen LogP contribution is -2.51. The second kappa shape index (κ2) is 8.06. The number of ether oxygens (including phenoxy) is 2. The van der Waals surface area contributed by atoms with E-state index in [1.807, 2.05) is 0 Å². The van der Waals surface area contributed by atoms with Gasteiger partial charge in [0, 0.05) is 37.2 Å². The Morgan fingerprint density at radius 2 is 2.00 bits per heavy atom. The molecule has 4 atom stereocenters. The van der Waals surface area contributed by atoms with Gasteiger partial charge in [0.25, 0.3) is 11.2 Å². The summed E-state index contributed by atoms with van der Waals surface area (Å²) in [7, 11) is 0. The molecule has 1 aromatic heterocycles. The number of carbonyl (C=O) groups excluding carboxylic acids is 1. The van der Waals surface area contributed by atoms with E-state index in [4.69, 9.17) is 14.3 Å². The lowest BCUT2D eigenvalue weighted by molar-refractivity contribution is -0.384. The van der Waals surface area contributed by atoms with Crippen molar-refractivity contribution in [2.45, 2.75) is 44.9 Å². The Labute approximate surface area is 175 Å². The second-order valence-corrected chi connectivity index (χ2v) is 7.39. The molecule has 0 saturated carbocycles. The van der Waals surface area contributed by atoms with Gasteiger partial charge in [-0.05, 0) is 24.6 Å². The third-order valence-electron chi connectivity index (χ3n) is 5.26. The van der Waals surface area contributed by atoms with Crippen molar-refractivity contribution >= 4 is 11.7 Å². The van der Waals surface area contributed by atoms with Crippen molar-refractivity contribution in [2.75, 3.05) is 6.61 Å². The van der Waals surface area contributed by atoms with E-state index in [-0.39, 0.29) is 18.7 Å². The first-order valence-corrected chi connectivity index (χ1v) is 9.55. The zero-order valence-corrected chi connectivity index (χ0v) is 16.7. The number of nitrogens with zero attached hydrogens (tertiary/aromatic N) is 3. The maximum Gasteiger partial charge on any atom is 0.330 e. The smallest absolute Gasteiger partial charge is 0.330 e. The number of rotatable bonds is 4. The Balaban J connectivity index is 1.63. The predicted molar refractivity (Wildman–Crippen MR) is 104 cm³/mol. The molecular weight excluding hydrogens is 412 g/mol. The van der Waals surface area contributed by atoms with Crippen LogP contribution in [0.5, 0.6) is 0 Å². The lowest BCUT2D eigenvalue weighted by atomic mass is 10.1. The molecule has 0 aliphatic carbocycles. The average Bonchev–Trinajstić information content (AvgIpc) is 3.15. The minimum atomic E-state index is -0.803. The number of nitrogens with one attached hydrogen (secondary N) is 1. The van der Waals surface area contributed by atoms with Gasteiger partial charge in [0.1, 0.15) is 12.3 Å². The minimum Gasteiger partial charge on any atom is -0.365 e. The SMILES string of the molecule is CC(=O)ON1C(c2ccc([N+](=O)[O-])cc2)OCC2OC(n3cc(C)c(=O)[nH]c3=O)C[C@H]21. The number of aryl methyl sites for hydroxylation is 1. The first-order chi connectivity index (χ1) is 14.7. The molecule has 2 aliphatic heterocycles. The number of H-pyrrole nitrogens is 1. The number of carbonyl (C=O) groups is 1. The fourth-order valence-corrected chi connectivity index (χ4v) is 3.80. The molecular formula is C19H20N4O8. The molecule has 2 fully saturated rings. The summed E-state index contributed by atoms with van der Waals surface area (Å²) in [6, 6.07) is 5.30. The monoisotopic (exact) mass is 432 g/mol. The summed E-state index contributed by atoms with van der Waals surface area (Å²) in [5.74, 6) is -0.573. The van der Waals surface area contributed by atoms with Crippen molar-refractivity contribution in [3.8, 4) is 0 Å². The van der Waals surface area contributed by atoms with Crippen molar-refractivity contribution in [1.82, 2.24) is 14.6 Å². The van der Waals surface area contributed by atoms with Crippen molar-refractivity contribution in [3.63, 3.8) is 0 Å². The Morgan fingerprint density at radius 3 is 2.65 bits per heavy atom. The molecule has 1 aromatic carbocycles. The molecule has 164 valence electrons. The van der Waals surface area contributed by atoms with Crippen LogP contribution in [0, 0.1) is 17.0 Å². The molecule has 12 heteroatoms. The van der Waals surface area contributed by atoms with Crippen LogP contribution in [0.1, 0.15) is 36.9 Å². The number of benzene rings is 1. The fraction of sp³-hybridized carbons (Fsp3) is 0.421. The predicted octanol–water partition coefficient (Wildman–Crippen LogP) is 0.918. The van der Waals surface area contributed by atoms with Gasteiger partial charge in [-0.3, -0.25) is 29.3 Å². The maximum atomic E-state index is 12.3. The van der Waals surface area contributed by atoms with Crippen LogP contribution >= 0.6 is 0 Å². The molecule has 2 aromatic rings. The van der Waals surface area contributed by atoms with Crippen LogP contribution in [-0.2, 0) is 19.1 Å². The highest BCUT2D eigenvalue weighted by Crippen LogP contribution is 2.40. The third kappa shape index (κ3) is 4.00. The van der Waals surface area contributed by atoms with Gasteiger partial charge in [-0.2, -0.15) is 0 Å². The summed E-state index contributed by atoms with van der Waals surface area (Å²) < 4.78 is 13.1. The number of fused-ring (bicyclic) bond motifs is 1. The first kappa shape index (κ1) is 20.9. The number of hydrogen-bond donors (Lipinski definition) is 1. The number of nitro benzene ring substituents is 1. The van der Waals surface area contributed by atoms with Crippen LogP contribution in [0.3, 0.4) is 0 Å². The molecule has 1 N–H and O–H groups in total. The van der Waals surface area contributed by atoms with Crippen molar-refractivity contribution in [1.29, 1.82) is 0 Å². The first-order valence-electron chi connectivity index (χ1n) is 9.55. The fourth-order valence-electron chi connectivity index (χ4n) is 3.80. The standard InChI is InChI=1S/C19H20N4O8/c1-10-8-21(19(26)20-17(10)25)16-7-14-15(30-16)9-29-18(22(14)31-11(2)24)12-3-5-13(6-4-12)23(27)28/h3-6,8,14-16,18H,7,9H2,1-2H3,(H,20,25,26)/t14-,15?,16?,18?/m1/s1. The lowest BCUT2D eigenvalue weighted by Gasteiger charge is -2.40. The second-order valence-electron chi connectivity index (χ2n) is 7.39. The maximum absolute atomic E-state index is 12.3. The van der Waals surface area contributed by atoms with E-state index in [0.29, 0.717) is 11.1 Å². The minimum absolute atomic E-state index is 0.0754. The molecule has 12 nitrogen and oxygen atoms in total. The van der Waals surface area contributed by atoms with E-state index in [1.165, 1.54) is 47.0 Å². The van der Waals surface area contributed by atoms with Crippen LogP contribution in [0.2, 0.25) is 0 Å². The Bertz CT molecular complexity index is 1120. The summed E-state index contributed by atoms with van der Waals surface area (Å²) in [6.07, 6.45) is -0.292. The molecule has 2 aliphatic rings. The zero-order valence-electron chi connectivity index (χ0n) is 16.7. The Hall–Kier alpha value is -3.35. The van der Waals surface area contributed by atoms with E-state index in [9.17, 15) is 24.5 Å². The van der Waals surface area contributed by atoms with Gasteiger partial charge in [0.2, 0.25) is 0 Å². The van der Waals surface area contributed by atoms with Gasteiger partial charge in [0.15, 0.2) is 6.23 Å². The summed E-state index contributed by atoms with van der Waals surface area (Å²) in [6.45, 7) is 2.98. The highest BCUT2D eigenvalue weighted by molar-refractivity contribution is 5.65. The summed E-state index contributed by atoms with van der Waals surface area (Å²) in [5.41, 5.74) is -0.236. The molecule has 3 heterocycles. The number of aromatic amines is 1. The zero-order chi connectivity index (χ0) is 22.3. The third-order valence-corrected chi connectivity index (χ3v) is 5.26. The molecule has 2 saturated heterocycles. The van der Waals surface area contributed by atoms with Gasteiger partial charge in [-0.15, -0.1) is 5.06 Å². The molecule has 0 bridgehead atoms. The normalized spacial score (nSPS) is 25.7. The number of non-ortho nitro benzene ring substituents is 1. The average molecular weight is 432 g/mol. The molecule has 4 rings (SSSR count). The number of nitro groups is 1. The van der Waals surface area contributed by atoms with Crippen LogP contribution in [0.15, 0.2) is 40.1 Å². The quantitative estimate of drug-likeness (QED) is 0.550. The van der Waals surface area contributed by atoms with Crippen LogP contribution in [0.4, 0.5) is 5.69 Å². The van der Waals surface area contributed by atoms with E-state index in [1.54, 1.807) is 6.92 Å². The Kier molecular flexibility index (Phi) is 5.43. The van der Waals surface area contributed by atoms with E-state index < -0.39 is 46.7 Å². The highest BCUT2D eigenvalue weighted by Gasteiger charge is 2.48.